The van der Waals surface area contributed by atoms with Gasteiger partial charge in [0.1, 0.15) is 11.6 Å². The second kappa shape index (κ2) is 9.47. The standard InChI is InChI=1S/C30H34N4OS/c1-19-16-23(35-3)12-15-25(19)28-20(2)32-34-29(28)31-27-7-5-6-26(27)30(34)33(17-21-8-9-21)18-22-10-13-24(36-4)14-11-22/h10-16,21H,5-9,17-18H2,1-4H3. The Morgan fingerprint density at radius 3 is 2.58 bits per heavy atom. The van der Waals surface area contributed by atoms with Crippen molar-refractivity contribution in [3.8, 4) is 16.9 Å². The molecule has 0 unspecified atom stereocenters. The van der Waals surface area contributed by atoms with Crippen molar-refractivity contribution in [3.05, 3.63) is 70.5 Å². The number of aryl methyl sites for hydroxylation is 3. The number of rotatable bonds is 8. The molecule has 6 rings (SSSR count). The fourth-order valence-corrected chi connectivity index (χ4v) is 6.00. The minimum absolute atomic E-state index is 0.774. The predicted molar refractivity (Wildman–Crippen MR) is 148 cm³/mol. The summed E-state index contributed by atoms with van der Waals surface area (Å²) in [6, 6.07) is 15.3. The van der Waals surface area contributed by atoms with Gasteiger partial charge in [-0.25, -0.2) is 4.98 Å². The Morgan fingerprint density at radius 2 is 1.89 bits per heavy atom. The number of methoxy groups -OCH3 is 1. The van der Waals surface area contributed by atoms with Gasteiger partial charge in [0, 0.05) is 34.8 Å². The smallest absolute Gasteiger partial charge is 0.165 e. The summed E-state index contributed by atoms with van der Waals surface area (Å²) in [7, 11) is 1.72. The van der Waals surface area contributed by atoms with Gasteiger partial charge in [-0.15, -0.1) is 11.8 Å². The molecule has 2 heterocycles. The first kappa shape index (κ1) is 23.4. The van der Waals surface area contributed by atoms with E-state index in [1.807, 2.05) is 6.07 Å². The highest BCUT2D eigenvalue weighted by atomic mass is 32.2. The molecule has 0 amide bonds. The Labute approximate surface area is 217 Å². The van der Waals surface area contributed by atoms with Crippen LogP contribution in [-0.4, -0.2) is 34.5 Å². The van der Waals surface area contributed by atoms with Crippen LogP contribution in [0.3, 0.4) is 0 Å². The van der Waals surface area contributed by atoms with E-state index in [1.165, 1.54) is 51.5 Å². The van der Waals surface area contributed by atoms with E-state index in [0.717, 1.165) is 60.9 Å². The average Bonchev–Trinajstić information content (AvgIpc) is 3.48. The van der Waals surface area contributed by atoms with Gasteiger partial charge in [-0.05, 0) is 99.1 Å². The van der Waals surface area contributed by atoms with E-state index in [-0.39, 0.29) is 0 Å². The van der Waals surface area contributed by atoms with Gasteiger partial charge >= 0.3 is 0 Å². The number of aromatic nitrogens is 3. The number of hydrogen-bond donors (Lipinski definition) is 0. The first-order valence-corrected chi connectivity index (χ1v) is 14.2. The van der Waals surface area contributed by atoms with Crippen LogP contribution in [0.5, 0.6) is 5.75 Å². The summed E-state index contributed by atoms with van der Waals surface area (Å²) in [4.78, 5) is 9.15. The highest BCUT2D eigenvalue weighted by Crippen LogP contribution is 2.40. The Hall–Kier alpha value is -2.99. The second-order valence-corrected chi connectivity index (χ2v) is 11.1. The van der Waals surface area contributed by atoms with Gasteiger partial charge < -0.3 is 9.64 Å². The maximum atomic E-state index is 5.47. The second-order valence-electron chi connectivity index (χ2n) is 10.3. The molecular formula is C30H34N4OS. The van der Waals surface area contributed by atoms with E-state index in [9.17, 15) is 0 Å². The minimum Gasteiger partial charge on any atom is -0.497 e. The van der Waals surface area contributed by atoms with Crippen molar-refractivity contribution in [1.29, 1.82) is 0 Å². The van der Waals surface area contributed by atoms with E-state index < -0.39 is 0 Å². The zero-order valence-electron chi connectivity index (χ0n) is 21.7. The molecule has 2 aliphatic rings. The van der Waals surface area contributed by atoms with Crippen molar-refractivity contribution in [2.75, 3.05) is 24.8 Å². The molecule has 4 aromatic rings. The highest BCUT2D eigenvalue weighted by Gasteiger charge is 2.31. The number of benzene rings is 2. The van der Waals surface area contributed by atoms with Gasteiger partial charge in [-0.2, -0.15) is 9.61 Å². The van der Waals surface area contributed by atoms with E-state index in [2.05, 4.69) is 65.9 Å². The number of fused-ring (bicyclic) bond motifs is 2. The molecule has 36 heavy (non-hydrogen) atoms. The van der Waals surface area contributed by atoms with Crippen LogP contribution in [0.25, 0.3) is 16.8 Å². The van der Waals surface area contributed by atoms with Crippen LogP contribution in [0.15, 0.2) is 47.4 Å². The van der Waals surface area contributed by atoms with Gasteiger partial charge in [0.25, 0.3) is 0 Å². The maximum Gasteiger partial charge on any atom is 0.165 e. The molecule has 2 aliphatic carbocycles. The number of anilines is 1. The molecule has 2 aromatic heterocycles. The monoisotopic (exact) mass is 498 g/mol. The molecule has 6 heteroatoms. The van der Waals surface area contributed by atoms with Crippen molar-refractivity contribution in [2.45, 2.75) is 57.4 Å². The molecule has 0 spiro atoms. The Balaban J connectivity index is 1.51. The molecule has 0 atom stereocenters. The van der Waals surface area contributed by atoms with Crippen molar-refractivity contribution in [1.82, 2.24) is 14.6 Å². The van der Waals surface area contributed by atoms with Gasteiger partial charge in [-0.3, -0.25) is 0 Å². The lowest BCUT2D eigenvalue weighted by Crippen LogP contribution is -2.29. The van der Waals surface area contributed by atoms with Crippen LogP contribution in [0.1, 0.15) is 47.3 Å². The Morgan fingerprint density at radius 1 is 1.08 bits per heavy atom. The van der Waals surface area contributed by atoms with Crippen LogP contribution < -0.4 is 9.64 Å². The fourth-order valence-electron chi connectivity index (χ4n) is 5.59. The molecule has 0 radical (unpaired) electrons. The lowest BCUT2D eigenvalue weighted by molar-refractivity contribution is 0.414. The molecule has 0 saturated heterocycles. The normalized spacial score (nSPS) is 14.9. The van der Waals surface area contributed by atoms with Crippen molar-refractivity contribution in [3.63, 3.8) is 0 Å². The van der Waals surface area contributed by atoms with E-state index in [0.29, 0.717) is 0 Å². The summed E-state index contributed by atoms with van der Waals surface area (Å²) < 4.78 is 7.63. The summed E-state index contributed by atoms with van der Waals surface area (Å²) in [5.41, 5.74) is 9.50. The molecular weight excluding hydrogens is 464 g/mol. The summed E-state index contributed by atoms with van der Waals surface area (Å²) in [6.07, 6.45) is 8.07. The molecule has 0 N–H and O–H groups in total. The SMILES string of the molecule is COc1ccc(-c2c(C)nn3c(N(Cc4ccc(SC)cc4)CC4CC4)c4c(nc23)CCC4)c(C)c1. The number of ether oxygens (including phenoxy) is 1. The quantitative estimate of drug-likeness (QED) is 0.255. The first-order chi connectivity index (χ1) is 17.6. The number of nitrogens with zero attached hydrogens (tertiary/aromatic N) is 4. The van der Waals surface area contributed by atoms with Gasteiger partial charge in [0.15, 0.2) is 5.65 Å². The molecule has 0 bridgehead atoms. The molecule has 0 aliphatic heterocycles. The van der Waals surface area contributed by atoms with Crippen LogP contribution in [0.2, 0.25) is 0 Å². The van der Waals surface area contributed by atoms with E-state index in [1.54, 1.807) is 18.9 Å². The zero-order valence-corrected chi connectivity index (χ0v) is 22.5. The van der Waals surface area contributed by atoms with Gasteiger partial charge in [0.2, 0.25) is 0 Å². The minimum atomic E-state index is 0.774. The zero-order chi connectivity index (χ0) is 24.8. The average molecular weight is 499 g/mol. The molecule has 5 nitrogen and oxygen atoms in total. The van der Waals surface area contributed by atoms with Crippen molar-refractivity contribution >= 4 is 23.2 Å². The topological polar surface area (TPSA) is 42.7 Å². The van der Waals surface area contributed by atoms with Crippen molar-refractivity contribution in [2.24, 2.45) is 5.92 Å². The lowest BCUT2D eigenvalue weighted by Gasteiger charge is -2.28. The molecule has 1 saturated carbocycles. The Kier molecular flexibility index (Phi) is 6.16. The third kappa shape index (κ3) is 4.26. The summed E-state index contributed by atoms with van der Waals surface area (Å²) in [5, 5.41) is 5.15. The summed E-state index contributed by atoms with van der Waals surface area (Å²) >= 11 is 1.79. The third-order valence-corrected chi connectivity index (χ3v) is 8.39. The summed E-state index contributed by atoms with van der Waals surface area (Å²) in [5.74, 6) is 2.91. The lowest BCUT2D eigenvalue weighted by atomic mass is 10.0. The third-order valence-electron chi connectivity index (χ3n) is 7.65. The van der Waals surface area contributed by atoms with E-state index >= 15 is 0 Å². The predicted octanol–water partition coefficient (Wildman–Crippen LogP) is 6.65. The molecule has 186 valence electrons. The number of hydrogen-bond acceptors (Lipinski definition) is 5. The largest absolute Gasteiger partial charge is 0.497 e. The van der Waals surface area contributed by atoms with Crippen LogP contribution in [-0.2, 0) is 19.4 Å². The van der Waals surface area contributed by atoms with Crippen LogP contribution >= 0.6 is 11.8 Å². The van der Waals surface area contributed by atoms with E-state index in [4.69, 9.17) is 14.8 Å². The molecule has 2 aromatic carbocycles. The van der Waals surface area contributed by atoms with Crippen molar-refractivity contribution < 1.29 is 4.74 Å². The fraction of sp³-hybridized carbons (Fsp3) is 0.400. The van der Waals surface area contributed by atoms with Crippen LogP contribution in [0.4, 0.5) is 5.82 Å². The summed E-state index contributed by atoms with van der Waals surface area (Å²) in [6.45, 7) is 6.24. The maximum absolute atomic E-state index is 5.47. The van der Waals surface area contributed by atoms with Gasteiger partial charge in [-0.1, -0.05) is 18.2 Å². The highest BCUT2D eigenvalue weighted by molar-refractivity contribution is 7.98. The number of thioether (sulfide) groups is 1. The van der Waals surface area contributed by atoms with Crippen LogP contribution in [0, 0.1) is 19.8 Å². The Bertz CT molecular complexity index is 1420. The first-order valence-electron chi connectivity index (χ1n) is 13.0. The molecule has 1 fully saturated rings. The van der Waals surface area contributed by atoms with Gasteiger partial charge in [0.05, 0.1) is 12.8 Å².